The van der Waals surface area contributed by atoms with Crippen molar-refractivity contribution in [3.63, 3.8) is 0 Å². The first-order valence-electron chi connectivity index (χ1n) is 10.9. The number of fused-ring (bicyclic) bond motifs is 1. The number of aryl methyl sites for hydroxylation is 2. The van der Waals surface area contributed by atoms with Gasteiger partial charge in [-0.2, -0.15) is 0 Å². The Morgan fingerprint density at radius 1 is 1.09 bits per heavy atom. The first-order valence-corrected chi connectivity index (χ1v) is 11.2. The summed E-state index contributed by atoms with van der Waals surface area (Å²) >= 11 is 5.98. The Morgan fingerprint density at radius 2 is 1.86 bits per heavy atom. The number of hydrogen-bond acceptors (Lipinski definition) is 4. The third-order valence-electron chi connectivity index (χ3n) is 5.68. The molecule has 174 valence electrons. The molecule has 0 aliphatic rings. The second-order valence-electron chi connectivity index (χ2n) is 8.06. The molecule has 3 heterocycles. The van der Waals surface area contributed by atoms with Gasteiger partial charge < -0.3 is 14.9 Å². The van der Waals surface area contributed by atoms with Crippen molar-refractivity contribution < 1.29 is 0 Å². The number of pyridine rings is 2. The summed E-state index contributed by atoms with van der Waals surface area (Å²) in [6, 6.07) is 18.1. The number of aromatic nitrogens is 4. The molecule has 35 heavy (non-hydrogen) atoms. The highest BCUT2D eigenvalue weighted by molar-refractivity contribution is 6.30. The van der Waals surface area contributed by atoms with E-state index in [9.17, 15) is 4.79 Å². The molecule has 2 N–H and O–H groups in total. The third-order valence-corrected chi connectivity index (χ3v) is 5.93. The molecule has 0 saturated heterocycles. The molecular formula is C28H24ClN5O. The molecule has 1 unspecified atom stereocenters. The number of hydrogen-bond donors (Lipinski definition) is 1. The van der Waals surface area contributed by atoms with Crippen LogP contribution in [0.25, 0.3) is 22.0 Å². The average Bonchev–Trinajstić information content (AvgIpc) is 3.37. The van der Waals surface area contributed by atoms with Crippen LogP contribution in [0.5, 0.6) is 0 Å². The Bertz CT molecular complexity index is 1560. The summed E-state index contributed by atoms with van der Waals surface area (Å²) in [4.78, 5) is 20.8. The quantitative estimate of drug-likeness (QED) is 0.379. The van der Waals surface area contributed by atoms with Gasteiger partial charge in [-0.1, -0.05) is 41.8 Å². The van der Waals surface area contributed by atoms with Crippen LogP contribution in [0, 0.1) is 12.3 Å². The average molecular weight is 482 g/mol. The molecule has 0 aliphatic carbocycles. The summed E-state index contributed by atoms with van der Waals surface area (Å²) in [5.74, 6) is 2.64. The Labute approximate surface area is 208 Å². The maximum atomic E-state index is 12.5. The highest BCUT2D eigenvalue weighted by Gasteiger charge is 2.15. The fourth-order valence-electron chi connectivity index (χ4n) is 3.72. The number of halogens is 1. The second-order valence-corrected chi connectivity index (χ2v) is 8.50. The van der Waals surface area contributed by atoms with Gasteiger partial charge in [0.1, 0.15) is 0 Å². The van der Waals surface area contributed by atoms with Gasteiger partial charge in [0.15, 0.2) is 0 Å². The van der Waals surface area contributed by atoms with E-state index in [2.05, 4.69) is 15.9 Å². The topological polar surface area (TPSA) is 78.7 Å². The predicted octanol–water partition coefficient (Wildman–Crippen LogP) is 4.70. The normalized spacial score (nSPS) is 11.4. The van der Waals surface area contributed by atoms with E-state index in [4.69, 9.17) is 23.8 Å². The van der Waals surface area contributed by atoms with Crippen LogP contribution >= 0.6 is 11.6 Å². The molecule has 6 nitrogen and oxygen atoms in total. The van der Waals surface area contributed by atoms with Crippen LogP contribution in [0.15, 0.2) is 90.4 Å². The molecule has 5 rings (SSSR count). The van der Waals surface area contributed by atoms with Crippen LogP contribution in [0.1, 0.15) is 22.9 Å². The van der Waals surface area contributed by atoms with E-state index in [1.807, 2.05) is 60.3 Å². The van der Waals surface area contributed by atoms with Crippen LogP contribution in [-0.4, -0.2) is 19.1 Å². The van der Waals surface area contributed by atoms with Crippen molar-refractivity contribution in [2.24, 2.45) is 19.8 Å². The van der Waals surface area contributed by atoms with Gasteiger partial charge in [0.05, 0.1) is 29.8 Å². The van der Waals surface area contributed by atoms with E-state index >= 15 is 0 Å². The molecule has 5 aromatic rings. The summed E-state index contributed by atoms with van der Waals surface area (Å²) < 4.78 is 3.47. The maximum absolute atomic E-state index is 12.5. The second kappa shape index (κ2) is 10.4. The molecular weight excluding hydrogens is 458 g/mol. The summed E-state index contributed by atoms with van der Waals surface area (Å²) in [6.07, 6.45) is 12.6. The number of rotatable bonds is 3. The monoisotopic (exact) mass is 481 g/mol. The van der Waals surface area contributed by atoms with Crippen molar-refractivity contribution in [3.8, 4) is 23.5 Å². The van der Waals surface area contributed by atoms with E-state index in [0.717, 1.165) is 33.2 Å². The van der Waals surface area contributed by atoms with Crippen molar-refractivity contribution in [2.75, 3.05) is 0 Å². The lowest BCUT2D eigenvalue weighted by molar-refractivity contribution is 0.827. The third kappa shape index (κ3) is 5.33. The van der Waals surface area contributed by atoms with Crippen molar-refractivity contribution >= 4 is 22.5 Å². The molecule has 2 aromatic carbocycles. The lowest BCUT2D eigenvalue weighted by Crippen LogP contribution is -2.18. The molecule has 1 atom stereocenters. The van der Waals surface area contributed by atoms with Gasteiger partial charge in [0.2, 0.25) is 0 Å². The predicted molar refractivity (Wildman–Crippen MR) is 141 cm³/mol. The van der Waals surface area contributed by atoms with Crippen LogP contribution in [-0.2, 0) is 14.1 Å². The van der Waals surface area contributed by atoms with Crippen molar-refractivity contribution in [1.82, 2.24) is 19.1 Å². The van der Waals surface area contributed by atoms with Crippen molar-refractivity contribution in [3.05, 3.63) is 118 Å². The van der Waals surface area contributed by atoms with Gasteiger partial charge >= 0.3 is 0 Å². The Morgan fingerprint density at radius 3 is 2.49 bits per heavy atom. The molecule has 0 amide bonds. The highest BCUT2D eigenvalue weighted by atomic mass is 35.5. The van der Waals surface area contributed by atoms with E-state index in [1.54, 1.807) is 48.5 Å². The fraction of sp³-hybridized carbons (Fsp3) is 0.107. The van der Waals surface area contributed by atoms with Gasteiger partial charge in [0, 0.05) is 48.5 Å². The fourth-order valence-corrected chi connectivity index (χ4v) is 3.84. The van der Waals surface area contributed by atoms with E-state index in [0.29, 0.717) is 10.7 Å². The molecule has 0 spiro atoms. The molecule has 0 fully saturated rings. The van der Waals surface area contributed by atoms with Gasteiger partial charge in [-0.25, -0.2) is 4.98 Å². The van der Waals surface area contributed by atoms with Gasteiger partial charge in [-0.15, -0.1) is 6.42 Å². The molecule has 0 saturated carbocycles. The Hall–Kier alpha value is -4.18. The smallest absolute Gasteiger partial charge is 0.251 e. The zero-order chi connectivity index (χ0) is 24.9. The lowest BCUT2D eigenvalue weighted by Gasteiger charge is -2.15. The zero-order valence-electron chi connectivity index (χ0n) is 19.4. The Balaban J connectivity index is 0.000000421. The van der Waals surface area contributed by atoms with Crippen LogP contribution in [0.2, 0.25) is 5.02 Å². The SMILES string of the molecule is C#Cc1cccc(-c2cc(=O)n(C)c3cnc(C(N)c4ccc(Cl)cc4)cc23)c1.Cn1ccnc1. The number of benzene rings is 2. The van der Waals surface area contributed by atoms with Gasteiger partial charge in [-0.3, -0.25) is 9.78 Å². The molecule has 0 radical (unpaired) electrons. The summed E-state index contributed by atoms with van der Waals surface area (Å²) in [5, 5.41) is 1.54. The summed E-state index contributed by atoms with van der Waals surface area (Å²) in [7, 11) is 3.67. The summed E-state index contributed by atoms with van der Waals surface area (Å²) in [5.41, 5.74) is 11.1. The Kier molecular flexibility index (Phi) is 7.11. The van der Waals surface area contributed by atoms with Gasteiger partial charge in [0.25, 0.3) is 5.56 Å². The first kappa shape index (κ1) is 24.0. The van der Waals surface area contributed by atoms with Crippen molar-refractivity contribution in [2.45, 2.75) is 6.04 Å². The van der Waals surface area contributed by atoms with Crippen LogP contribution in [0.4, 0.5) is 0 Å². The number of imidazole rings is 1. The highest BCUT2D eigenvalue weighted by Crippen LogP contribution is 2.30. The number of nitrogens with zero attached hydrogens (tertiary/aromatic N) is 4. The van der Waals surface area contributed by atoms with E-state index in [-0.39, 0.29) is 5.56 Å². The van der Waals surface area contributed by atoms with Crippen LogP contribution in [0.3, 0.4) is 0 Å². The standard InChI is InChI=1S/C24H18ClN3O.C4H6N2/c1-3-15-5-4-6-17(11-15)19-13-23(29)28(2)22-14-27-21(12-20(19)22)24(26)16-7-9-18(25)10-8-16;1-6-3-2-5-4-6/h1,4-14,24H,26H2,2H3;2-4H,1H3. The van der Waals surface area contributed by atoms with E-state index in [1.165, 1.54) is 0 Å². The van der Waals surface area contributed by atoms with Crippen molar-refractivity contribution in [1.29, 1.82) is 0 Å². The minimum absolute atomic E-state index is 0.116. The maximum Gasteiger partial charge on any atom is 0.251 e. The molecule has 7 heteroatoms. The lowest BCUT2D eigenvalue weighted by atomic mass is 9.97. The molecule has 3 aromatic heterocycles. The minimum Gasteiger partial charge on any atom is -0.341 e. The number of nitrogens with two attached hydrogens (primary N) is 1. The molecule has 0 bridgehead atoms. The molecule has 0 aliphatic heterocycles. The first-order chi connectivity index (χ1) is 16.9. The number of terminal acetylenes is 1. The van der Waals surface area contributed by atoms with E-state index < -0.39 is 6.04 Å². The van der Waals surface area contributed by atoms with Gasteiger partial charge in [-0.05, 0) is 47.0 Å². The largest absolute Gasteiger partial charge is 0.341 e. The zero-order valence-corrected chi connectivity index (χ0v) is 20.1. The summed E-state index contributed by atoms with van der Waals surface area (Å²) in [6.45, 7) is 0. The minimum atomic E-state index is -0.418. The van der Waals surface area contributed by atoms with Crippen LogP contribution < -0.4 is 11.3 Å².